The van der Waals surface area contributed by atoms with E-state index in [-0.39, 0.29) is 29.8 Å². The van der Waals surface area contributed by atoms with Crippen molar-refractivity contribution >= 4 is 46.5 Å². The summed E-state index contributed by atoms with van der Waals surface area (Å²) in [7, 11) is 3.33. The van der Waals surface area contributed by atoms with Gasteiger partial charge in [-0.2, -0.15) is 0 Å². The van der Waals surface area contributed by atoms with Crippen LogP contribution in [0, 0.1) is 5.82 Å². The van der Waals surface area contributed by atoms with Crippen LogP contribution in [-0.4, -0.2) is 38.3 Å². The number of rotatable bonds is 7. The monoisotopic (exact) mass is 512 g/mol. The third kappa shape index (κ3) is 5.75. The molecule has 29 heavy (non-hydrogen) atoms. The van der Waals surface area contributed by atoms with Gasteiger partial charge in [0.05, 0.1) is 13.7 Å². The zero-order valence-electron chi connectivity index (χ0n) is 16.7. The second-order valence-electron chi connectivity index (χ2n) is 6.18. The molecule has 2 aromatic carbocycles. The Bertz CT molecular complexity index is 974. The zero-order chi connectivity index (χ0) is 19.9. The van der Waals surface area contributed by atoms with Crippen LogP contribution in [0.4, 0.5) is 10.1 Å². The van der Waals surface area contributed by atoms with Crippen LogP contribution < -0.4 is 20.1 Å². The van der Waals surface area contributed by atoms with Crippen LogP contribution >= 0.6 is 24.0 Å². The highest BCUT2D eigenvalue weighted by Gasteiger charge is 2.08. The van der Waals surface area contributed by atoms with E-state index in [2.05, 4.69) is 20.6 Å². The Balaban J connectivity index is 0.00000300. The molecule has 0 aliphatic carbocycles. The highest BCUT2D eigenvalue weighted by Crippen LogP contribution is 2.30. The number of guanidine groups is 1. The lowest BCUT2D eigenvalue weighted by atomic mass is 10.1. The number of methoxy groups -OCH3 is 1. The molecule has 6 nitrogen and oxygen atoms in total. The van der Waals surface area contributed by atoms with Crippen molar-refractivity contribution in [1.29, 1.82) is 0 Å². The molecule has 0 amide bonds. The van der Waals surface area contributed by atoms with E-state index in [0.29, 0.717) is 30.6 Å². The number of halogens is 2. The quantitative estimate of drug-likeness (QED) is 0.247. The third-order valence-electron chi connectivity index (χ3n) is 4.37. The first kappa shape index (κ1) is 22.8. The first-order chi connectivity index (χ1) is 13.6. The molecule has 0 spiro atoms. The van der Waals surface area contributed by atoms with Gasteiger partial charge < -0.3 is 25.1 Å². The van der Waals surface area contributed by atoms with Gasteiger partial charge in [0.2, 0.25) is 0 Å². The van der Waals surface area contributed by atoms with Crippen molar-refractivity contribution in [3.8, 4) is 11.5 Å². The molecular formula is C21H26FIN4O2. The maximum atomic E-state index is 13.3. The number of fused-ring (bicyclic) bond motifs is 1. The summed E-state index contributed by atoms with van der Waals surface area (Å²) in [6.45, 7) is 3.19. The van der Waals surface area contributed by atoms with Crippen LogP contribution in [0.2, 0.25) is 0 Å². The summed E-state index contributed by atoms with van der Waals surface area (Å²) in [4.78, 5) is 7.37. The average Bonchev–Trinajstić information content (AvgIpc) is 3.10. The fourth-order valence-electron chi connectivity index (χ4n) is 3.02. The van der Waals surface area contributed by atoms with E-state index in [4.69, 9.17) is 9.47 Å². The van der Waals surface area contributed by atoms with Gasteiger partial charge in [-0.3, -0.25) is 4.99 Å². The summed E-state index contributed by atoms with van der Waals surface area (Å²) in [6, 6.07) is 10.4. The molecule has 0 unspecified atom stereocenters. The Labute approximate surface area is 186 Å². The summed E-state index contributed by atoms with van der Waals surface area (Å²) in [5, 5.41) is 7.56. The van der Waals surface area contributed by atoms with E-state index < -0.39 is 0 Å². The number of nitrogens with zero attached hydrogens (tertiary/aromatic N) is 1. The molecule has 0 aliphatic heterocycles. The minimum absolute atomic E-state index is 0. The Morgan fingerprint density at radius 1 is 1.17 bits per heavy atom. The summed E-state index contributed by atoms with van der Waals surface area (Å²) in [5.41, 5.74) is 2.77. The minimum Gasteiger partial charge on any atom is -0.493 e. The van der Waals surface area contributed by atoms with E-state index in [1.54, 1.807) is 20.2 Å². The summed E-state index contributed by atoms with van der Waals surface area (Å²) in [5.74, 6) is 1.77. The molecule has 0 saturated heterocycles. The Hall–Kier alpha value is -2.49. The van der Waals surface area contributed by atoms with E-state index in [9.17, 15) is 4.39 Å². The van der Waals surface area contributed by atoms with Crippen molar-refractivity contribution in [3.63, 3.8) is 0 Å². The first-order valence-electron chi connectivity index (χ1n) is 9.18. The fraction of sp³-hybridized carbons (Fsp3) is 0.286. The van der Waals surface area contributed by atoms with Gasteiger partial charge in [0.1, 0.15) is 5.82 Å². The Kier molecular flexibility index (Phi) is 8.56. The maximum Gasteiger partial charge on any atom is 0.195 e. The average molecular weight is 512 g/mol. The third-order valence-corrected chi connectivity index (χ3v) is 4.37. The van der Waals surface area contributed by atoms with Crippen LogP contribution in [0.1, 0.15) is 12.5 Å². The van der Waals surface area contributed by atoms with Gasteiger partial charge >= 0.3 is 0 Å². The largest absolute Gasteiger partial charge is 0.493 e. The summed E-state index contributed by atoms with van der Waals surface area (Å²) in [6.07, 6.45) is 2.69. The molecule has 1 aromatic heterocycles. The Morgan fingerprint density at radius 3 is 2.72 bits per heavy atom. The van der Waals surface area contributed by atoms with Crippen molar-refractivity contribution in [1.82, 2.24) is 10.3 Å². The number of aromatic nitrogens is 1. The van der Waals surface area contributed by atoms with E-state index in [1.165, 1.54) is 12.1 Å². The molecule has 0 radical (unpaired) electrons. The summed E-state index contributed by atoms with van der Waals surface area (Å²) >= 11 is 0. The molecule has 0 saturated carbocycles. The van der Waals surface area contributed by atoms with Gasteiger partial charge in [-0.05, 0) is 49.2 Å². The number of benzene rings is 2. The molecule has 156 valence electrons. The molecule has 3 N–H and O–H groups in total. The van der Waals surface area contributed by atoms with Crippen molar-refractivity contribution in [2.24, 2.45) is 4.99 Å². The number of aliphatic imine (C=N–C) groups is 1. The molecule has 1 heterocycles. The molecule has 8 heteroatoms. The minimum atomic E-state index is -0.241. The number of hydrogen-bond donors (Lipinski definition) is 3. The number of ether oxygens (including phenoxy) is 2. The highest BCUT2D eigenvalue weighted by atomic mass is 127. The van der Waals surface area contributed by atoms with Crippen molar-refractivity contribution in [3.05, 3.63) is 54.0 Å². The summed E-state index contributed by atoms with van der Waals surface area (Å²) < 4.78 is 24.2. The molecular weight excluding hydrogens is 486 g/mol. The maximum absolute atomic E-state index is 13.3. The number of nitrogens with one attached hydrogen (secondary N) is 3. The van der Waals surface area contributed by atoms with E-state index in [1.807, 2.05) is 31.3 Å². The fourth-order valence-corrected chi connectivity index (χ4v) is 3.02. The van der Waals surface area contributed by atoms with Crippen molar-refractivity contribution in [2.75, 3.05) is 32.6 Å². The lowest BCUT2D eigenvalue weighted by Gasteiger charge is -2.14. The highest BCUT2D eigenvalue weighted by molar-refractivity contribution is 14.0. The molecule has 0 atom stereocenters. The molecule has 0 aliphatic rings. The van der Waals surface area contributed by atoms with Crippen molar-refractivity contribution < 1.29 is 13.9 Å². The molecule has 0 fully saturated rings. The van der Waals surface area contributed by atoms with Crippen molar-refractivity contribution in [2.45, 2.75) is 13.3 Å². The molecule has 0 bridgehead atoms. The number of hydrogen-bond acceptors (Lipinski definition) is 3. The number of anilines is 1. The topological polar surface area (TPSA) is 70.7 Å². The standard InChI is InChI=1S/C21H25FN4O2.HI/c1-4-28-19-8-6-16(12-20(19)27-3)26-21(23-2)24-10-9-14-13-25-18-11-15(22)5-7-17(14)18;/h5-8,11-13,25H,4,9-10H2,1-3H3,(H2,23,24,26);1H. The second-order valence-corrected chi connectivity index (χ2v) is 6.18. The Morgan fingerprint density at radius 2 is 2.00 bits per heavy atom. The number of H-pyrrole nitrogens is 1. The van der Waals surface area contributed by atoms with Gasteiger partial charge in [-0.25, -0.2) is 4.39 Å². The van der Waals surface area contributed by atoms with E-state index >= 15 is 0 Å². The van der Waals surface area contributed by atoms with Crippen LogP contribution in [0.25, 0.3) is 10.9 Å². The van der Waals surface area contributed by atoms with Gasteiger partial charge in [0, 0.05) is 42.4 Å². The molecule has 3 rings (SSSR count). The normalized spacial score (nSPS) is 11.1. The van der Waals surface area contributed by atoms with Crippen LogP contribution in [0.15, 0.2) is 47.6 Å². The van der Waals surface area contributed by atoms with Crippen LogP contribution in [0.5, 0.6) is 11.5 Å². The van der Waals surface area contributed by atoms with Crippen LogP contribution in [0.3, 0.4) is 0 Å². The number of aromatic amines is 1. The first-order valence-corrected chi connectivity index (χ1v) is 9.18. The SMILES string of the molecule is CCOc1ccc(NC(=NC)NCCc2c[nH]c3cc(F)ccc23)cc1OC.I. The lowest BCUT2D eigenvalue weighted by molar-refractivity contribution is 0.311. The lowest BCUT2D eigenvalue weighted by Crippen LogP contribution is -2.32. The van der Waals surface area contributed by atoms with Gasteiger partial charge in [-0.1, -0.05) is 0 Å². The second kappa shape index (κ2) is 10.9. The van der Waals surface area contributed by atoms with E-state index in [0.717, 1.165) is 28.6 Å². The van der Waals surface area contributed by atoms with Gasteiger partial charge in [-0.15, -0.1) is 24.0 Å². The smallest absolute Gasteiger partial charge is 0.195 e. The zero-order valence-corrected chi connectivity index (χ0v) is 19.0. The molecule has 3 aromatic rings. The predicted molar refractivity (Wildman–Crippen MR) is 127 cm³/mol. The van der Waals surface area contributed by atoms with Gasteiger partial charge in [0.25, 0.3) is 0 Å². The van der Waals surface area contributed by atoms with Gasteiger partial charge in [0.15, 0.2) is 17.5 Å². The predicted octanol–water partition coefficient (Wildman–Crippen LogP) is 4.56. The van der Waals surface area contributed by atoms with Crippen LogP contribution in [-0.2, 0) is 6.42 Å².